The average molecular weight is 242 g/mol. The predicted octanol–water partition coefficient (Wildman–Crippen LogP) is 3.91. The summed E-state index contributed by atoms with van der Waals surface area (Å²) >= 11 is 0. The maximum atomic E-state index is 12.2. The first kappa shape index (κ1) is 11.5. The van der Waals surface area contributed by atoms with Gasteiger partial charge in [0.05, 0.1) is 6.10 Å². The third-order valence-corrected chi connectivity index (χ3v) is 3.53. The molecule has 18 heavy (non-hydrogen) atoms. The molecule has 1 saturated carbocycles. The van der Waals surface area contributed by atoms with Crippen LogP contribution in [-0.4, -0.2) is 11.9 Å². The Morgan fingerprint density at radius 2 is 1.89 bits per heavy atom. The van der Waals surface area contributed by atoms with Crippen molar-refractivity contribution in [3.8, 4) is 5.75 Å². The molecule has 0 radical (unpaired) electrons. The van der Waals surface area contributed by atoms with Crippen molar-refractivity contribution >= 4 is 5.78 Å². The quantitative estimate of drug-likeness (QED) is 0.748. The zero-order valence-corrected chi connectivity index (χ0v) is 10.5. The van der Waals surface area contributed by atoms with E-state index in [4.69, 9.17) is 4.74 Å². The van der Waals surface area contributed by atoms with Gasteiger partial charge in [0.1, 0.15) is 5.75 Å². The second-order valence-electron chi connectivity index (χ2n) is 5.15. The molecular formula is C16H18O2. The van der Waals surface area contributed by atoms with Crippen LogP contribution in [0.3, 0.4) is 0 Å². The Bertz CT molecular complexity index is 466. The van der Waals surface area contributed by atoms with Crippen molar-refractivity contribution in [1.82, 2.24) is 0 Å². The Hall–Kier alpha value is -1.57. The molecule has 94 valence electrons. The second kappa shape index (κ2) is 4.97. The summed E-state index contributed by atoms with van der Waals surface area (Å²) in [5.41, 5.74) is 1.77. The number of hydrogen-bond acceptors (Lipinski definition) is 2. The van der Waals surface area contributed by atoms with E-state index >= 15 is 0 Å². The first-order valence-electron chi connectivity index (χ1n) is 6.83. The zero-order chi connectivity index (χ0) is 12.4. The third kappa shape index (κ3) is 2.63. The molecule has 0 aromatic heterocycles. The predicted molar refractivity (Wildman–Crippen MR) is 71.0 cm³/mol. The molecule has 0 heterocycles. The van der Waals surface area contributed by atoms with Gasteiger partial charge in [-0.3, -0.25) is 4.79 Å². The normalized spacial score (nSPS) is 19.2. The molecule has 1 aromatic carbocycles. The standard InChI is InChI=1S/C16H18O2/c17-16(12-4-2-1-3-5-12)13-6-8-14(9-7-13)18-15-10-11-15/h4,6-9,15H,1-3,5,10-11H2. The number of hydrogen-bond donors (Lipinski definition) is 0. The lowest BCUT2D eigenvalue weighted by atomic mass is 9.93. The van der Waals surface area contributed by atoms with Crippen LogP contribution in [0.4, 0.5) is 0 Å². The van der Waals surface area contributed by atoms with E-state index in [1.54, 1.807) is 0 Å². The number of ketones is 1. The Labute approximate surface area is 108 Å². The van der Waals surface area contributed by atoms with Crippen LogP contribution in [0.15, 0.2) is 35.9 Å². The van der Waals surface area contributed by atoms with Crippen LogP contribution in [-0.2, 0) is 0 Å². The molecule has 0 bridgehead atoms. The van der Waals surface area contributed by atoms with Gasteiger partial charge in [0, 0.05) is 5.56 Å². The molecule has 3 rings (SSSR count). The van der Waals surface area contributed by atoms with Crippen molar-refractivity contribution < 1.29 is 9.53 Å². The van der Waals surface area contributed by atoms with E-state index in [1.165, 1.54) is 6.42 Å². The lowest BCUT2D eigenvalue weighted by molar-refractivity contribution is 0.102. The van der Waals surface area contributed by atoms with Crippen molar-refractivity contribution in [2.45, 2.75) is 44.6 Å². The Morgan fingerprint density at radius 1 is 1.11 bits per heavy atom. The lowest BCUT2D eigenvalue weighted by Crippen LogP contribution is -2.06. The van der Waals surface area contributed by atoms with Gasteiger partial charge in [-0.1, -0.05) is 6.08 Å². The minimum atomic E-state index is 0.188. The minimum absolute atomic E-state index is 0.188. The van der Waals surface area contributed by atoms with Crippen LogP contribution in [0.1, 0.15) is 48.9 Å². The molecule has 0 spiro atoms. The summed E-state index contributed by atoms with van der Waals surface area (Å²) in [6.07, 6.45) is 9.16. The van der Waals surface area contributed by atoms with Crippen molar-refractivity contribution in [2.24, 2.45) is 0 Å². The van der Waals surface area contributed by atoms with Crippen molar-refractivity contribution in [2.75, 3.05) is 0 Å². The molecule has 0 N–H and O–H groups in total. The summed E-state index contributed by atoms with van der Waals surface area (Å²) in [6.45, 7) is 0. The molecular weight excluding hydrogens is 224 g/mol. The number of carbonyl (C=O) groups is 1. The average Bonchev–Trinajstić information content (AvgIpc) is 3.24. The summed E-state index contributed by atoms with van der Waals surface area (Å²) in [5, 5.41) is 0. The molecule has 2 heteroatoms. The first-order valence-corrected chi connectivity index (χ1v) is 6.83. The van der Waals surface area contributed by atoms with E-state index in [-0.39, 0.29) is 5.78 Å². The van der Waals surface area contributed by atoms with Crippen LogP contribution in [0.25, 0.3) is 0 Å². The molecule has 2 aliphatic rings. The van der Waals surface area contributed by atoms with E-state index in [1.807, 2.05) is 24.3 Å². The van der Waals surface area contributed by atoms with Crippen LogP contribution >= 0.6 is 0 Å². The van der Waals surface area contributed by atoms with Crippen LogP contribution in [0.2, 0.25) is 0 Å². The van der Waals surface area contributed by atoms with Gasteiger partial charge in [-0.2, -0.15) is 0 Å². The van der Waals surface area contributed by atoms with E-state index < -0.39 is 0 Å². The maximum absolute atomic E-state index is 12.2. The maximum Gasteiger partial charge on any atom is 0.188 e. The minimum Gasteiger partial charge on any atom is -0.490 e. The van der Waals surface area contributed by atoms with E-state index in [0.29, 0.717) is 6.10 Å². The SMILES string of the molecule is O=C(C1=CCCCC1)c1ccc(OC2CC2)cc1. The fraction of sp³-hybridized carbons (Fsp3) is 0.438. The highest BCUT2D eigenvalue weighted by atomic mass is 16.5. The highest BCUT2D eigenvalue weighted by Gasteiger charge is 2.23. The monoisotopic (exact) mass is 242 g/mol. The number of rotatable bonds is 4. The fourth-order valence-electron chi connectivity index (χ4n) is 2.29. The van der Waals surface area contributed by atoms with Crippen LogP contribution < -0.4 is 4.74 Å². The van der Waals surface area contributed by atoms with Crippen molar-refractivity contribution in [1.29, 1.82) is 0 Å². The van der Waals surface area contributed by atoms with E-state index in [0.717, 1.165) is 49.0 Å². The molecule has 0 unspecified atom stereocenters. The largest absolute Gasteiger partial charge is 0.490 e. The molecule has 2 nitrogen and oxygen atoms in total. The molecule has 0 amide bonds. The van der Waals surface area contributed by atoms with Crippen LogP contribution in [0, 0.1) is 0 Å². The van der Waals surface area contributed by atoms with E-state index in [2.05, 4.69) is 6.08 Å². The zero-order valence-electron chi connectivity index (χ0n) is 10.5. The summed E-state index contributed by atoms with van der Waals surface area (Å²) in [6, 6.07) is 7.59. The fourth-order valence-corrected chi connectivity index (χ4v) is 2.29. The summed E-state index contributed by atoms with van der Waals surface area (Å²) in [4.78, 5) is 12.2. The molecule has 0 atom stereocenters. The van der Waals surface area contributed by atoms with Gasteiger partial charge in [0.2, 0.25) is 0 Å². The number of ether oxygens (including phenoxy) is 1. The topological polar surface area (TPSA) is 26.3 Å². The second-order valence-corrected chi connectivity index (χ2v) is 5.15. The highest BCUT2D eigenvalue weighted by Crippen LogP contribution is 2.27. The summed E-state index contributed by atoms with van der Waals surface area (Å²) in [5.74, 6) is 1.07. The number of Topliss-reactive ketones (excluding diaryl/α,β-unsaturated/α-hetero) is 1. The summed E-state index contributed by atoms with van der Waals surface area (Å²) in [7, 11) is 0. The van der Waals surface area contributed by atoms with E-state index in [9.17, 15) is 4.79 Å². The van der Waals surface area contributed by atoms with Crippen molar-refractivity contribution in [3.63, 3.8) is 0 Å². The smallest absolute Gasteiger partial charge is 0.188 e. The van der Waals surface area contributed by atoms with Gasteiger partial charge >= 0.3 is 0 Å². The number of carbonyl (C=O) groups excluding carboxylic acids is 1. The molecule has 0 saturated heterocycles. The van der Waals surface area contributed by atoms with Crippen LogP contribution in [0.5, 0.6) is 5.75 Å². The molecule has 1 fully saturated rings. The molecule has 1 aromatic rings. The first-order chi connectivity index (χ1) is 8.83. The van der Waals surface area contributed by atoms with Gasteiger partial charge in [-0.05, 0) is 68.4 Å². The Kier molecular flexibility index (Phi) is 3.18. The molecule has 2 aliphatic carbocycles. The highest BCUT2D eigenvalue weighted by molar-refractivity contribution is 6.08. The molecule has 0 aliphatic heterocycles. The number of benzene rings is 1. The summed E-state index contributed by atoms with van der Waals surface area (Å²) < 4.78 is 5.68. The van der Waals surface area contributed by atoms with Gasteiger partial charge in [-0.25, -0.2) is 0 Å². The van der Waals surface area contributed by atoms with Gasteiger partial charge in [0.25, 0.3) is 0 Å². The Morgan fingerprint density at radius 3 is 2.50 bits per heavy atom. The lowest BCUT2D eigenvalue weighted by Gasteiger charge is -2.12. The van der Waals surface area contributed by atoms with Gasteiger partial charge < -0.3 is 4.74 Å². The third-order valence-electron chi connectivity index (χ3n) is 3.53. The van der Waals surface area contributed by atoms with Gasteiger partial charge in [-0.15, -0.1) is 0 Å². The van der Waals surface area contributed by atoms with Crippen molar-refractivity contribution in [3.05, 3.63) is 41.5 Å². The van der Waals surface area contributed by atoms with Gasteiger partial charge in [0.15, 0.2) is 5.78 Å². The number of allylic oxidation sites excluding steroid dienone is 2. The Balaban J connectivity index is 1.70.